The van der Waals surface area contributed by atoms with Crippen LogP contribution in [-0.2, 0) is 28.5 Å². The molecule has 8 fully saturated rings. The Hall–Kier alpha value is -0.850. The van der Waals surface area contributed by atoms with E-state index in [4.69, 9.17) is 23.7 Å². The molecule has 3 spiro atoms. The van der Waals surface area contributed by atoms with E-state index in [1.807, 2.05) is 13.8 Å². The van der Waals surface area contributed by atoms with Crippen LogP contribution in [0.3, 0.4) is 0 Å². The molecule has 47 heavy (non-hydrogen) atoms. The highest BCUT2D eigenvalue weighted by atomic mass is 16.8. The van der Waals surface area contributed by atoms with Gasteiger partial charge in [-0.05, 0) is 105 Å². The Morgan fingerprint density at radius 3 is 2.28 bits per heavy atom. The second-order valence-electron chi connectivity index (χ2n) is 18.8. The van der Waals surface area contributed by atoms with Crippen LogP contribution in [0.5, 0.6) is 0 Å². The molecular formula is C37H58O10. The summed E-state index contributed by atoms with van der Waals surface area (Å²) in [7, 11) is 0. The Morgan fingerprint density at radius 2 is 1.57 bits per heavy atom. The van der Waals surface area contributed by atoms with E-state index in [0.717, 1.165) is 51.4 Å². The molecule has 3 saturated heterocycles. The van der Waals surface area contributed by atoms with Gasteiger partial charge in [-0.3, -0.25) is 4.79 Å². The number of ether oxygens (including phenoxy) is 5. The quantitative estimate of drug-likeness (QED) is 0.260. The van der Waals surface area contributed by atoms with Crippen molar-refractivity contribution in [3.05, 3.63) is 0 Å². The maximum absolute atomic E-state index is 12.8. The maximum atomic E-state index is 12.8. The second-order valence-corrected chi connectivity index (χ2v) is 18.8. The van der Waals surface area contributed by atoms with Crippen molar-refractivity contribution in [2.45, 2.75) is 167 Å². The van der Waals surface area contributed by atoms with Crippen molar-refractivity contribution in [3.63, 3.8) is 0 Å². The average molecular weight is 663 g/mol. The molecule has 4 N–H and O–H groups in total. The summed E-state index contributed by atoms with van der Waals surface area (Å²) in [6.07, 6.45) is 1.72. The lowest BCUT2D eigenvalue weighted by atomic mass is 9.41. The maximum Gasteiger partial charge on any atom is 0.303 e. The van der Waals surface area contributed by atoms with Gasteiger partial charge in [0.2, 0.25) is 0 Å². The van der Waals surface area contributed by atoms with Crippen molar-refractivity contribution in [2.24, 2.45) is 50.7 Å². The summed E-state index contributed by atoms with van der Waals surface area (Å²) in [6.45, 7) is 16.8. The van der Waals surface area contributed by atoms with Crippen molar-refractivity contribution in [2.75, 3.05) is 6.61 Å². The number of carbonyl (C=O) groups excluding carboxylic acids is 1. The fourth-order valence-corrected chi connectivity index (χ4v) is 14.4. The van der Waals surface area contributed by atoms with Gasteiger partial charge in [-0.15, -0.1) is 0 Å². The van der Waals surface area contributed by atoms with Crippen molar-refractivity contribution in [1.82, 2.24) is 0 Å². The topological polar surface area (TPSA) is 144 Å². The zero-order valence-electron chi connectivity index (χ0n) is 29.5. The third kappa shape index (κ3) is 3.88. The third-order valence-corrected chi connectivity index (χ3v) is 16.3. The van der Waals surface area contributed by atoms with Crippen LogP contribution in [0.2, 0.25) is 0 Å². The van der Waals surface area contributed by atoms with E-state index in [1.165, 1.54) is 6.92 Å². The largest absolute Gasteiger partial charge is 0.457 e. The van der Waals surface area contributed by atoms with Gasteiger partial charge in [0.1, 0.15) is 36.1 Å². The highest BCUT2D eigenvalue weighted by molar-refractivity contribution is 5.66. The fourth-order valence-electron chi connectivity index (χ4n) is 14.4. The molecule has 5 aliphatic carbocycles. The third-order valence-electron chi connectivity index (χ3n) is 16.3. The van der Waals surface area contributed by atoms with Crippen LogP contribution in [0, 0.1) is 50.7 Å². The summed E-state index contributed by atoms with van der Waals surface area (Å²) in [5, 5.41) is 43.7. The molecule has 5 saturated carbocycles. The number of rotatable bonds is 4. The average Bonchev–Trinajstić information content (AvgIpc) is 3.49. The van der Waals surface area contributed by atoms with Gasteiger partial charge >= 0.3 is 5.97 Å². The molecule has 8 aliphatic rings. The molecule has 10 heteroatoms. The summed E-state index contributed by atoms with van der Waals surface area (Å²) in [5.41, 5.74) is -1.36. The summed E-state index contributed by atoms with van der Waals surface area (Å²) < 4.78 is 31.9. The lowest BCUT2D eigenvalue weighted by molar-refractivity contribution is -0.303. The molecule has 266 valence electrons. The van der Waals surface area contributed by atoms with Crippen LogP contribution in [0.4, 0.5) is 0 Å². The highest BCUT2D eigenvalue weighted by Gasteiger charge is 2.88. The van der Waals surface area contributed by atoms with Gasteiger partial charge < -0.3 is 44.1 Å². The molecule has 3 aliphatic heterocycles. The monoisotopic (exact) mass is 662 g/mol. The number of carbonyl (C=O) groups is 1. The van der Waals surface area contributed by atoms with Crippen LogP contribution >= 0.6 is 0 Å². The molecule has 0 amide bonds. The zero-order chi connectivity index (χ0) is 33.9. The molecule has 8 rings (SSSR count). The Morgan fingerprint density at radius 1 is 0.894 bits per heavy atom. The van der Waals surface area contributed by atoms with Crippen LogP contribution in [-0.4, -0.2) is 93.4 Å². The number of aliphatic hydroxyl groups excluding tert-OH is 4. The van der Waals surface area contributed by atoms with Gasteiger partial charge in [0.05, 0.1) is 18.8 Å². The highest BCUT2D eigenvalue weighted by Crippen LogP contribution is 2.90. The van der Waals surface area contributed by atoms with Gasteiger partial charge in [-0.1, -0.05) is 34.6 Å². The lowest BCUT2D eigenvalue weighted by Crippen LogP contribution is -2.61. The minimum Gasteiger partial charge on any atom is -0.457 e. The van der Waals surface area contributed by atoms with Crippen molar-refractivity contribution in [3.8, 4) is 0 Å². The number of esters is 1. The summed E-state index contributed by atoms with van der Waals surface area (Å²) in [4.78, 5) is 12.1. The Kier molecular flexibility index (Phi) is 7.03. The van der Waals surface area contributed by atoms with Crippen LogP contribution in [0.15, 0.2) is 0 Å². The van der Waals surface area contributed by atoms with Crippen molar-refractivity contribution >= 4 is 5.97 Å². The predicted octanol–water partition coefficient (Wildman–Crippen LogP) is 3.69. The molecule has 0 aromatic carbocycles. The molecule has 0 aromatic heterocycles. The number of hydrogen-bond acceptors (Lipinski definition) is 10. The zero-order valence-corrected chi connectivity index (χ0v) is 29.5. The molecule has 10 nitrogen and oxygen atoms in total. The van der Waals surface area contributed by atoms with E-state index in [9.17, 15) is 25.2 Å². The summed E-state index contributed by atoms with van der Waals surface area (Å²) >= 11 is 0. The first kappa shape index (κ1) is 33.3. The minimum atomic E-state index is -1.29. The van der Waals surface area contributed by atoms with E-state index >= 15 is 0 Å². The van der Waals surface area contributed by atoms with Gasteiger partial charge in [-0.2, -0.15) is 0 Å². The second kappa shape index (κ2) is 9.93. The predicted molar refractivity (Wildman–Crippen MR) is 168 cm³/mol. The van der Waals surface area contributed by atoms with E-state index in [-0.39, 0.29) is 58.3 Å². The fraction of sp³-hybridized carbons (Fsp3) is 0.973. The number of hydrogen-bond donors (Lipinski definition) is 4. The molecule has 3 heterocycles. The first-order valence-electron chi connectivity index (χ1n) is 18.4. The standard InChI is InChI=1S/C37H58O10/c1-18-15-21-28(32(5,6)45-19(2)38)47-37(46-21)27(18)33(7)13-14-36-17-35(36)12-11-24(44-29-26(41)25(40)20(39)16-43-29)31(3,4)22(35)9-10-23(36)34(33,8)30(37)42/h18,20-30,39-42H,9-17H2,1-8H3/t18-,20+,21+,22+,23+,24+,25+,26-,27?,28+,29+,30-,33-,34-,35?,36?,37?/m1/s1. The smallest absolute Gasteiger partial charge is 0.303 e. The normalized spacial score (nSPS) is 58.8. The van der Waals surface area contributed by atoms with Crippen LogP contribution in [0.1, 0.15) is 107 Å². The van der Waals surface area contributed by atoms with Gasteiger partial charge in [0.15, 0.2) is 12.1 Å². The van der Waals surface area contributed by atoms with Gasteiger partial charge in [-0.25, -0.2) is 0 Å². The van der Waals surface area contributed by atoms with E-state index in [2.05, 4.69) is 34.6 Å². The SMILES string of the molecule is CC(=O)OC(C)(C)[C@H]1OC23O[C@H]1C[C@@H](C)C2[C@@]1(C)CCC24CC25CC[C@H](O[C@@H]2OC[C@H](O)[C@H](O)[C@H]2O)C(C)(C)[C@@H]5CC[C@H]4[C@]1(C)[C@H]3O. The molecule has 4 unspecified atom stereocenters. The first-order valence-corrected chi connectivity index (χ1v) is 18.4. The van der Waals surface area contributed by atoms with Crippen LogP contribution < -0.4 is 0 Å². The number of fused-ring (bicyclic) bond motifs is 4. The van der Waals surface area contributed by atoms with Gasteiger partial charge in [0.25, 0.3) is 0 Å². The molecule has 0 radical (unpaired) electrons. The molecule has 0 aromatic rings. The summed E-state index contributed by atoms with van der Waals surface area (Å²) in [5.74, 6) is -0.402. The summed E-state index contributed by atoms with van der Waals surface area (Å²) in [6, 6.07) is 0. The first-order chi connectivity index (χ1) is 21.8. The Labute approximate surface area is 279 Å². The van der Waals surface area contributed by atoms with Crippen molar-refractivity contribution < 1.29 is 48.9 Å². The lowest BCUT2D eigenvalue weighted by Gasteiger charge is -2.63. The molecule has 2 bridgehead atoms. The minimum absolute atomic E-state index is 0.0329. The molecule has 17 atom stereocenters. The van der Waals surface area contributed by atoms with Crippen molar-refractivity contribution in [1.29, 1.82) is 0 Å². The van der Waals surface area contributed by atoms with E-state index in [0.29, 0.717) is 11.8 Å². The van der Waals surface area contributed by atoms with E-state index < -0.39 is 53.6 Å². The molecular weight excluding hydrogens is 604 g/mol. The Balaban J connectivity index is 1.09. The van der Waals surface area contributed by atoms with Crippen LogP contribution in [0.25, 0.3) is 0 Å². The van der Waals surface area contributed by atoms with Gasteiger partial charge in [0, 0.05) is 18.3 Å². The number of aliphatic hydroxyl groups is 4. The Bertz CT molecular complexity index is 1320. The van der Waals surface area contributed by atoms with E-state index in [1.54, 1.807) is 0 Å².